The van der Waals surface area contributed by atoms with Gasteiger partial charge in [0.1, 0.15) is 19.0 Å². The summed E-state index contributed by atoms with van der Waals surface area (Å²) in [6, 6.07) is 8.55. The Balaban J connectivity index is 1.69. The Labute approximate surface area is 208 Å². The minimum atomic E-state index is -0.690. The molecule has 2 amide bonds. The molecule has 0 bridgehead atoms. The maximum absolute atomic E-state index is 13.0. The van der Waals surface area contributed by atoms with Crippen LogP contribution < -0.4 is 10.6 Å². The number of carbonyl (C=O) groups excluding carboxylic acids is 3. The molecule has 1 saturated carbocycles. The standard InChI is InChI=1S/C23H28Cl2N4O5/c1-15(16-6-8-18(9-7-16)26-22(31)33-12-10-24)21(30)27-20-14-19(17-4-2-3-5-17)28-29(20)23(32)34-13-11-25/h6-9,14-15,17H,2-5,10-13H2,1H3,(H,26,31)(H,27,30)/t15-/m1/s1. The lowest BCUT2D eigenvalue weighted by molar-refractivity contribution is -0.117. The molecule has 0 spiro atoms. The highest BCUT2D eigenvalue weighted by Gasteiger charge is 2.26. The normalized spacial score (nSPS) is 14.4. The van der Waals surface area contributed by atoms with Crippen molar-refractivity contribution in [1.29, 1.82) is 0 Å². The molecule has 1 aromatic heterocycles. The van der Waals surface area contributed by atoms with Gasteiger partial charge in [0.25, 0.3) is 0 Å². The van der Waals surface area contributed by atoms with Gasteiger partial charge in [0.05, 0.1) is 23.4 Å². The van der Waals surface area contributed by atoms with Gasteiger partial charge < -0.3 is 14.8 Å². The molecule has 1 heterocycles. The van der Waals surface area contributed by atoms with Crippen molar-refractivity contribution in [3.05, 3.63) is 41.6 Å². The Morgan fingerprint density at radius 2 is 1.71 bits per heavy atom. The Morgan fingerprint density at radius 3 is 2.35 bits per heavy atom. The molecule has 3 rings (SSSR count). The first kappa shape index (κ1) is 25.8. The number of anilines is 2. The molecular weight excluding hydrogens is 483 g/mol. The molecule has 11 heteroatoms. The van der Waals surface area contributed by atoms with Gasteiger partial charge in [-0.2, -0.15) is 5.10 Å². The van der Waals surface area contributed by atoms with Gasteiger partial charge in [-0.15, -0.1) is 27.9 Å². The number of ether oxygens (including phenoxy) is 2. The summed E-state index contributed by atoms with van der Waals surface area (Å²) in [5.74, 6) is 0.0481. The summed E-state index contributed by atoms with van der Waals surface area (Å²) in [6.07, 6.45) is 2.93. The molecule has 9 nitrogen and oxygen atoms in total. The van der Waals surface area contributed by atoms with E-state index in [2.05, 4.69) is 15.7 Å². The largest absolute Gasteiger partial charge is 0.448 e. The summed E-state index contributed by atoms with van der Waals surface area (Å²) in [7, 11) is 0. The van der Waals surface area contributed by atoms with Crippen LogP contribution in [-0.4, -0.2) is 52.8 Å². The molecule has 0 saturated heterocycles. The van der Waals surface area contributed by atoms with Crippen LogP contribution in [0.15, 0.2) is 30.3 Å². The number of halogens is 2. The number of benzene rings is 1. The van der Waals surface area contributed by atoms with Crippen molar-refractivity contribution in [2.45, 2.75) is 44.4 Å². The van der Waals surface area contributed by atoms with Crippen molar-refractivity contribution < 1.29 is 23.9 Å². The van der Waals surface area contributed by atoms with Crippen LogP contribution in [0, 0.1) is 0 Å². The van der Waals surface area contributed by atoms with Crippen molar-refractivity contribution in [2.24, 2.45) is 0 Å². The summed E-state index contributed by atoms with van der Waals surface area (Å²) >= 11 is 11.1. The monoisotopic (exact) mass is 510 g/mol. The molecule has 0 radical (unpaired) electrons. The first-order valence-corrected chi connectivity index (χ1v) is 12.2. The van der Waals surface area contributed by atoms with Crippen molar-refractivity contribution in [2.75, 3.05) is 35.6 Å². The quantitative estimate of drug-likeness (QED) is 0.443. The van der Waals surface area contributed by atoms with Crippen molar-refractivity contribution in [1.82, 2.24) is 9.78 Å². The van der Waals surface area contributed by atoms with Gasteiger partial charge in [-0.05, 0) is 37.5 Å². The zero-order valence-corrected chi connectivity index (χ0v) is 20.4. The number of hydrogen-bond acceptors (Lipinski definition) is 6. The Bertz CT molecular complexity index is 990. The number of alkyl halides is 2. The van der Waals surface area contributed by atoms with E-state index in [4.69, 9.17) is 32.7 Å². The smallest absolute Gasteiger partial charge is 0.436 e. The van der Waals surface area contributed by atoms with Crippen LogP contribution in [0.1, 0.15) is 55.7 Å². The summed E-state index contributed by atoms with van der Waals surface area (Å²) in [5.41, 5.74) is 2.01. The highest BCUT2D eigenvalue weighted by molar-refractivity contribution is 6.18. The van der Waals surface area contributed by atoms with Crippen molar-refractivity contribution >= 4 is 52.8 Å². The van der Waals surface area contributed by atoms with Gasteiger partial charge in [0.2, 0.25) is 5.91 Å². The van der Waals surface area contributed by atoms with Gasteiger partial charge in [0, 0.05) is 17.7 Å². The van der Waals surface area contributed by atoms with Gasteiger partial charge in [-0.3, -0.25) is 10.1 Å². The molecule has 1 atom stereocenters. The van der Waals surface area contributed by atoms with Gasteiger partial charge in [-0.25, -0.2) is 9.59 Å². The Hall–Kier alpha value is -2.78. The molecule has 34 heavy (non-hydrogen) atoms. The maximum atomic E-state index is 13.0. The number of hydrogen-bond donors (Lipinski definition) is 2. The third-order valence-electron chi connectivity index (χ3n) is 5.59. The number of carbonyl (C=O) groups is 3. The van der Waals surface area contributed by atoms with Crippen LogP contribution in [0.2, 0.25) is 0 Å². The Morgan fingerprint density at radius 1 is 1.06 bits per heavy atom. The molecule has 184 valence electrons. The lowest BCUT2D eigenvalue weighted by Crippen LogP contribution is -2.24. The van der Waals surface area contributed by atoms with Gasteiger partial charge in [0.15, 0.2) is 0 Å². The lowest BCUT2D eigenvalue weighted by atomic mass is 10.00. The fourth-order valence-electron chi connectivity index (χ4n) is 3.76. The first-order valence-electron chi connectivity index (χ1n) is 11.2. The van der Waals surface area contributed by atoms with Crippen LogP contribution in [0.5, 0.6) is 0 Å². The van der Waals surface area contributed by atoms with Crippen LogP contribution in [0.25, 0.3) is 0 Å². The van der Waals surface area contributed by atoms with Crippen LogP contribution in [0.3, 0.4) is 0 Å². The molecule has 1 aliphatic carbocycles. The molecule has 2 N–H and O–H groups in total. The molecule has 1 fully saturated rings. The number of rotatable bonds is 9. The predicted octanol–water partition coefficient (Wildman–Crippen LogP) is 5.29. The maximum Gasteiger partial charge on any atom is 0.436 e. The van der Waals surface area contributed by atoms with E-state index < -0.39 is 18.1 Å². The summed E-state index contributed by atoms with van der Waals surface area (Å²) in [4.78, 5) is 37.1. The second kappa shape index (κ2) is 12.6. The van der Waals surface area contributed by atoms with E-state index in [0.29, 0.717) is 5.69 Å². The molecule has 2 aromatic rings. The fourth-order valence-corrected chi connectivity index (χ4v) is 3.92. The van der Waals surface area contributed by atoms with E-state index in [0.717, 1.165) is 41.6 Å². The second-order valence-corrected chi connectivity index (χ2v) is 8.69. The summed E-state index contributed by atoms with van der Waals surface area (Å²) in [5, 5.41) is 9.81. The van der Waals surface area contributed by atoms with Crippen molar-refractivity contribution in [3.8, 4) is 0 Å². The van der Waals surface area contributed by atoms with Crippen LogP contribution >= 0.6 is 23.2 Å². The fraction of sp³-hybridized carbons (Fsp3) is 0.478. The van der Waals surface area contributed by atoms with E-state index in [1.54, 1.807) is 37.3 Å². The lowest BCUT2D eigenvalue weighted by Gasteiger charge is -2.14. The van der Waals surface area contributed by atoms with Gasteiger partial charge in [-0.1, -0.05) is 25.0 Å². The zero-order chi connectivity index (χ0) is 24.5. The highest BCUT2D eigenvalue weighted by atomic mass is 35.5. The van der Waals surface area contributed by atoms with Gasteiger partial charge >= 0.3 is 12.2 Å². The number of nitrogens with zero attached hydrogens (tertiary/aromatic N) is 2. The predicted molar refractivity (Wildman–Crippen MR) is 130 cm³/mol. The molecule has 0 unspecified atom stereocenters. The SMILES string of the molecule is C[C@@H](C(=O)Nc1cc(C2CCCC2)nn1C(=O)OCCCl)c1ccc(NC(=O)OCCCl)cc1. The van der Waals surface area contributed by atoms with E-state index in [1.807, 2.05) is 0 Å². The number of aromatic nitrogens is 2. The van der Waals surface area contributed by atoms with E-state index in [-0.39, 0.29) is 42.6 Å². The van der Waals surface area contributed by atoms with Crippen molar-refractivity contribution in [3.63, 3.8) is 0 Å². The number of nitrogens with one attached hydrogen (secondary N) is 2. The Kier molecular flexibility index (Phi) is 9.59. The minimum Gasteiger partial charge on any atom is -0.448 e. The first-order chi connectivity index (χ1) is 16.4. The molecular formula is C23H28Cl2N4O5. The van der Waals surface area contributed by atoms with Crippen LogP contribution in [0.4, 0.5) is 21.1 Å². The van der Waals surface area contributed by atoms with E-state index in [9.17, 15) is 14.4 Å². The molecule has 1 aromatic carbocycles. The second-order valence-electron chi connectivity index (χ2n) is 7.93. The average Bonchev–Trinajstić information content (AvgIpc) is 3.51. The van der Waals surface area contributed by atoms with E-state index in [1.165, 1.54) is 0 Å². The van der Waals surface area contributed by atoms with Crippen LogP contribution in [-0.2, 0) is 14.3 Å². The highest BCUT2D eigenvalue weighted by Crippen LogP contribution is 2.34. The third kappa shape index (κ3) is 6.87. The molecule has 0 aliphatic heterocycles. The zero-order valence-electron chi connectivity index (χ0n) is 18.9. The third-order valence-corrected chi connectivity index (χ3v) is 5.90. The number of amides is 2. The van der Waals surface area contributed by atoms with E-state index >= 15 is 0 Å². The average molecular weight is 511 g/mol. The molecule has 1 aliphatic rings. The summed E-state index contributed by atoms with van der Waals surface area (Å²) in [6.45, 7) is 1.90. The minimum absolute atomic E-state index is 0.0442. The summed E-state index contributed by atoms with van der Waals surface area (Å²) < 4.78 is 11.1. The topological polar surface area (TPSA) is 112 Å².